The van der Waals surface area contributed by atoms with Crippen molar-refractivity contribution in [2.45, 2.75) is 25.4 Å². The number of hydrogen-bond donors (Lipinski definition) is 2. The first-order valence-corrected chi connectivity index (χ1v) is 9.23. The summed E-state index contributed by atoms with van der Waals surface area (Å²) in [4.78, 5) is 36.8. The lowest BCUT2D eigenvalue weighted by Gasteiger charge is -2.26. The van der Waals surface area contributed by atoms with Gasteiger partial charge in [-0.2, -0.15) is 0 Å². The largest absolute Gasteiger partial charge is 0.381 e. The minimum Gasteiger partial charge on any atom is -0.381 e. The molecule has 0 saturated carbocycles. The van der Waals surface area contributed by atoms with Gasteiger partial charge in [0, 0.05) is 18.9 Å². The second-order valence-electron chi connectivity index (χ2n) is 6.20. The summed E-state index contributed by atoms with van der Waals surface area (Å²) in [7, 11) is 0. The lowest BCUT2D eigenvalue weighted by atomic mass is 9.92. The molecular formula is C17H22ClN3O4S. The van der Waals surface area contributed by atoms with Gasteiger partial charge in [-0.3, -0.25) is 19.3 Å². The van der Waals surface area contributed by atoms with E-state index in [0.717, 1.165) is 30.2 Å². The van der Waals surface area contributed by atoms with Crippen molar-refractivity contribution in [2.75, 3.05) is 24.3 Å². The second-order valence-corrected chi connectivity index (χ2v) is 7.12. The summed E-state index contributed by atoms with van der Waals surface area (Å²) in [6, 6.07) is 6.53. The van der Waals surface area contributed by atoms with E-state index in [1.807, 2.05) is 0 Å². The van der Waals surface area contributed by atoms with Crippen molar-refractivity contribution in [2.24, 2.45) is 11.7 Å². The van der Waals surface area contributed by atoms with Crippen LogP contribution in [0.25, 0.3) is 0 Å². The molecule has 1 unspecified atom stereocenters. The van der Waals surface area contributed by atoms with E-state index in [1.54, 1.807) is 24.3 Å². The van der Waals surface area contributed by atoms with Crippen molar-refractivity contribution < 1.29 is 19.1 Å². The van der Waals surface area contributed by atoms with Gasteiger partial charge in [0.15, 0.2) is 0 Å². The number of amides is 3. The molecule has 1 atom stereocenters. The monoisotopic (exact) mass is 399 g/mol. The zero-order valence-corrected chi connectivity index (χ0v) is 15.8. The van der Waals surface area contributed by atoms with Crippen LogP contribution in [0.15, 0.2) is 24.3 Å². The molecule has 3 rings (SSSR count). The number of carbonyl (C=O) groups excluding carboxylic acids is 3. The number of nitrogens with one attached hydrogen (secondary N) is 1. The number of thioether (sulfide) groups is 1. The predicted octanol–water partition coefficient (Wildman–Crippen LogP) is 2.00. The number of carbonyl (C=O) groups is 3. The molecule has 3 amide bonds. The number of ether oxygens (including phenoxy) is 1. The first-order valence-electron chi connectivity index (χ1n) is 8.25. The fourth-order valence-corrected chi connectivity index (χ4v) is 3.65. The molecule has 2 heterocycles. The normalized spacial score (nSPS) is 19.2. The van der Waals surface area contributed by atoms with Crippen LogP contribution in [-0.4, -0.2) is 47.0 Å². The van der Waals surface area contributed by atoms with E-state index in [2.05, 4.69) is 5.32 Å². The van der Waals surface area contributed by atoms with Gasteiger partial charge in [0.05, 0.1) is 18.3 Å². The Balaban J connectivity index is 0.00000243. The summed E-state index contributed by atoms with van der Waals surface area (Å²) in [5.74, 6) is -0.0367. The molecule has 9 heteroatoms. The van der Waals surface area contributed by atoms with Crippen molar-refractivity contribution in [3.8, 4) is 0 Å². The van der Waals surface area contributed by atoms with Crippen LogP contribution in [0.5, 0.6) is 0 Å². The smallest absolute Gasteiger partial charge is 0.289 e. The van der Waals surface area contributed by atoms with Crippen molar-refractivity contribution in [1.82, 2.24) is 4.90 Å². The summed E-state index contributed by atoms with van der Waals surface area (Å²) < 4.78 is 5.29. The molecule has 0 bridgehead atoms. The van der Waals surface area contributed by atoms with Gasteiger partial charge in [0.2, 0.25) is 11.8 Å². The van der Waals surface area contributed by atoms with E-state index in [-0.39, 0.29) is 47.7 Å². The van der Waals surface area contributed by atoms with Crippen LogP contribution in [0.3, 0.4) is 0 Å². The maximum absolute atomic E-state index is 12.3. The highest BCUT2D eigenvalue weighted by Crippen LogP contribution is 2.22. The topological polar surface area (TPSA) is 102 Å². The minimum absolute atomic E-state index is 0. The second kappa shape index (κ2) is 9.36. The number of benzene rings is 1. The maximum atomic E-state index is 12.3. The highest BCUT2D eigenvalue weighted by atomic mass is 35.5. The number of hydrogen-bond acceptors (Lipinski definition) is 6. The highest BCUT2D eigenvalue weighted by Gasteiger charge is 2.30. The summed E-state index contributed by atoms with van der Waals surface area (Å²) in [5, 5.41) is 2.60. The van der Waals surface area contributed by atoms with Gasteiger partial charge >= 0.3 is 0 Å². The average molecular weight is 400 g/mol. The molecular weight excluding hydrogens is 378 g/mol. The van der Waals surface area contributed by atoms with E-state index >= 15 is 0 Å². The van der Waals surface area contributed by atoms with Crippen molar-refractivity contribution >= 4 is 46.9 Å². The SMILES string of the molecule is Cl.NC(C(=O)Nc1ccc(CN2C(=O)CSC2=O)cc1)C1CCOCC1. The Morgan fingerprint density at radius 2 is 1.92 bits per heavy atom. The van der Waals surface area contributed by atoms with Crippen LogP contribution < -0.4 is 11.1 Å². The zero-order valence-electron chi connectivity index (χ0n) is 14.2. The number of nitrogens with zero attached hydrogens (tertiary/aromatic N) is 1. The van der Waals surface area contributed by atoms with Crippen LogP contribution in [0.2, 0.25) is 0 Å². The number of rotatable bonds is 5. The first kappa shape index (κ1) is 20.7. The molecule has 142 valence electrons. The van der Waals surface area contributed by atoms with Crippen LogP contribution in [0, 0.1) is 5.92 Å². The summed E-state index contributed by atoms with van der Waals surface area (Å²) >= 11 is 1.02. The van der Waals surface area contributed by atoms with Crippen molar-refractivity contribution in [1.29, 1.82) is 0 Å². The molecule has 26 heavy (non-hydrogen) atoms. The fourth-order valence-electron chi connectivity index (χ4n) is 2.92. The molecule has 0 spiro atoms. The molecule has 0 radical (unpaired) electrons. The van der Waals surface area contributed by atoms with Crippen LogP contribution in [0.1, 0.15) is 18.4 Å². The Bertz CT molecular complexity index is 648. The number of anilines is 1. The maximum Gasteiger partial charge on any atom is 0.289 e. The van der Waals surface area contributed by atoms with Gasteiger partial charge in [-0.05, 0) is 36.5 Å². The third-order valence-corrected chi connectivity index (χ3v) is 5.34. The molecule has 3 N–H and O–H groups in total. The Morgan fingerprint density at radius 3 is 2.50 bits per heavy atom. The fraction of sp³-hybridized carbons (Fsp3) is 0.471. The van der Waals surface area contributed by atoms with Crippen LogP contribution in [-0.2, 0) is 20.9 Å². The van der Waals surface area contributed by atoms with Gasteiger partial charge in [0.1, 0.15) is 0 Å². The Morgan fingerprint density at radius 1 is 1.27 bits per heavy atom. The van der Waals surface area contributed by atoms with Crippen molar-refractivity contribution in [3.63, 3.8) is 0 Å². The van der Waals surface area contributed by atoms with E-state index < -0.39 is 6.04 Å². The first-order chi connectivity index (χ1) is 12.0. The Kier molecular flexibility index (Phi) is 7.45. The van der Waals surface area contributed by atoms with E-state index in [4.69, 9.17) is 10.5 Å². The molecule has 0 aromatic heterocycles. The van der Waals surface area contributed by atoms with E-state index in [0.29, 0.717) is 18.9 Å². The Labute approximate surface area is 162 Å². The van der Waals surface area contributed by atoms with Gasteiger partial charge in [-0.25, -0.2) is 0 Å². The standard InChI is InChI=1S/C17H21N3O4S.ClH/c18-15(12-5-7-24-8-6-12)16(22)19-13-3-1-11(2-4-13)9-20-14(21)10-25-17(20)23;/h1-4,12,15H,5-10,18H2,(H,19,22);1H. The average Bonchev–Trinajstić information content (AvgIpc) is 2.95. The summed E-state index contributed by atoms with van der Waals surface area (Å²) in [6.07, 6.45) is 1.59. The Hall–Kier alpha value is -1.61. The summed E-state index contributed by atoms with van der Waals surface area (Å²) in [5.41, 5.74) is 7.53. The number of nitrogens with two attached hydrogens (primary N) is 1. The quantitative estimate of drug-likeness (QED) is 0.785. The van der Waals surface area contributed by atoms with Crippen LogP contribution in [0.4, 0.5) is 10.5 Å². The third-order valence-electron chi connectivity index (χ3n) is 4.48. The molecule has 2 aliphatic heterocycles. The predicted molar refractivity (Wildman–Crippen MR) is 102 cm³/mol. The van der Waals surface area contributed by atoms with E-state index in [9.17, 15) is 14.4 Å². The zero-order chi connectivity index (χ0) is 17.8. The van der Waals surface area contributed by atoms with Gasteiger partial charge in [-0.1, -0.05) is 23.9 Å². The molecule has 2 saturated heterocycles. The molecule has 0 aliphatic carbocycles. The van der Waals surface area contributed by atoms with Crippen LogP contribution >= 0.6 is 24.2 Å². The third kappa shape index (κ3) is 4.97. The molecule has 1 aromatic rings. The van der Waals surface area contributed by atoms with Gasteiger partial charge in [-0.15, -0.1) is 12.4 Å². The minimum atomic E-state index is -0.555. The lowest BCUT2D eigenvalue weighted by Crippen LogP contribution is -2.44. The molecule has 2 aliphatic rings. The van der Waals surface area contributed by atoms with Gasteiger partial charge in [0.25, 0.3) is 5.24 Å². The summed E-state index contributed by atoms with van der Waals surface area (Å²) in [6.45, 7) is 1.54. The lowest BCUT2D eigenvalue weighted by molar-refractivity contribution is -0.125. The van der Waals surface area contributed by atoms with E-state index in [1.165, 1.54) is 4.90 Å². The highest BCUT2D eigenvalue weighted by molar-refractivity contribution is 8.14. The number of halogens is 1. The number of imide groups is 1. The van der Waals surface area contributed by atoms with Gasteiger partial charge < -0.3 is 15.8 Å². The molecule has 1 aromatic carbocycles. The van der Waals surface area contributed by atoms with Crippen molar-refractivity contribution in [3.05, 3.63) is 29.8 Å². The molecule has 2 fully saturated rings. The molecule has 7 nitrogen and oxygen atoms in total.